The fourth-order valence-electron chi connectivity index (χ4n) is 1.92. The van der Waals surface area contributed by atoms with E-state index in [1.54, 1.807) is 12.5 Å². The molecule has 0 aliphatic heterocycles. The summed E-state index contributed by atoms with van der Waals surface area (Å²) in [5.74, 6) is -0.127. The SMILES string of the molecule is C=C1[CH-]C(OC(C)=O)=Cc2ccccc2C1=[O+]C(C)=O.[Au+]. The quantitative estimate of drug-likeness (QED) is 0.210. The van der Waals surface area contributed by atoms with Crippen LogP contribution in [0.15, 0.2) is 42.2 Å². The molecule has 1 aromatic rings. The van der Waals surface area contributed by atoms with Gasteiger partial charge in [-0.3, -0.25) is 4.79 Å². The zero-order valence-corrected chi connectivity index (χ0v) is 13.8. The predicted molar refractivity (Wildman–Crippen MR) is 74.6 cm³/mol. The van der Waals surface area contributed by atoms with Gasteiger partial charge in [0, 0.05) is 17.3 Å². The van der Waals surface area contributed by atoms with Crippen LogP contribution in [0, 0.1) is 6.42 Å². The zero-order valence-electron chi connectivity index (χ0n) is 11.6. The molecule has 112 valence electrons. The Labute approximate surface area is 138 Å². The molecule has 0 aromatic heterocycles. The van der Waals surface area contributed by atoms with Crippen molar-refractivity contribution in [1.82, 2.24) is 0 Å². The summed E-state index contributed by atoms with van der Waals surface area (Å²) in [6, 6.07) is 7.34. The van der Waals surface area contributed by atoms with E-state index in [0.717, 1.165) is 11.1 Å². The maximum atomic E-state index is 11.2. The van der Waals surface area contributed by atoms with Gasteiger partial charge >= 0.3 is 34.3 Å². The number of benzene rings is 1. The van der Waals surface area contributed by atoms with Gasteiger partial charge in [-0.05, 0) is 0 Å². The van der Waals surface area contributed by atoms with Crippen LogP contribution in [0.25, 0.3) is 6.08 Å². The third kappa shape index (κ3) is 4.29. The first kappa shape index (κ1) is 17.2. The molecular weight excluding hydrogens is 453 g/mol. The molecule has 2 rings (SSSR count). The maximum absolute atomic E-state index is 11.2. The average molecular weight is 467 g/mol. The Morgan fingerprint density at radius 3 is 2.52 bits per heavy atom. The number of carbonyl (C=O) groups is 2. The van der Waals surface area contributed by atoms with E-state index in [9.17, 15) is 9.59 Å². The number of ether oxygens (including phenoxy) is 1. The van der Waals surface area contributed by atoms with Gasteiger partial charge in [0.05, 0.1) is 12.7 Å². The van der Waals surface area contributed by atoms with Crippen LogP contribution in [0.2, 0.25) is 0 Å². The van der Waals surface area contributed by atoms with Gasteiger partial charge in [0.2, 0.25) is 0 Å². The summed E-state index contributed by atoms with van der Waals surface area (Å²) < 4.78 is 10.3. The number of allylic oxidation sites excluding steroid dienone is 1. The Hall–Kier alpha value is -1.88. The van der Waals surface area contributed by atoms with E-state index in [-0.39, 0.29) is 22.4 Å². The molecular formula is C16H14AuO4+. The standard InChI is InChI=1S/C16H14O4.Au/c1-10-8-14(19-11(2)17)9-13-6-4-5-7-15(13)16(10)20-12(3)18;/h4-9H,1H2,2-3H3;/q;+1. The van der Waals surface area contributed by atoms with E-state index in [2.05, 4.69) is 6.58 Å². The fourth-order valence-corrected chi connectivity index (χ4v) is 1.92. The second-order valence-corrected chi connectivity index (χ2v) is 4.32. The molecule has 0 amide bonds. The van der Waals surface area contributed by atoms with E-state index in [0.29, 0.717) is 17.1 Å². The zero-order chi connectivity index (χ0) is 14.7. The van der Waals surface area contributed by atoms with Crippen LogP contribution in [0.1, 0.15) is 29.4 Å². The largest absolute Gasteiger partial charge is 1.00 e. The molecule has 0 saturated carbocycles. The first-order valence-corrected chi connectivity index (χ1v) is 6.06. The minimum absolute atomic E-state index is 0. The minimum atomic E-state index is -0.430. The number of carbonyl (C=O) groups excluding carboxylic acids is 3. The number of esters is 1. The molecule has 0 spiro atoms. The normalized spacial score (nSPS) is 15.0. The van der Waals surface area contributed by atoms with Gasteiger partial charge in [-0.1, -0.05) is 47.9 Å². The van der Waals surface area contributed by atoms with Crippen molar-refractivity contribution >= 4 is 23.8 Å². The predicted octanol–water partition coefficient (Wildman–Crippen LogP) is 2.63. The van der Waals surface area contributed by atoms with Gasteiger partial charge in [0.1, 0.15) is 0 Å². The van der Waals surface area contributed by atoms with Crippen LogP contribution in [-0.2, 0) is 36.7 Å². The van der Waals surface area contributed by atoms with Gasteiger partial charge in [0.15, 0.2) is 5.78 Å². The Kier molecular flexibility index (Phi) is 5.90. The molecule has 5 heteroatoms. The molecule has 1 aromatic carbocycles. The third-order valence-electron chi connectivity index (χ3n) is 2.62. The van der Waals surface area contributed by atoms with Gasteiger partial charge in [0.25, 0.3) is 0 Å². The van der Waals surface area contributed by atoms with E-state index in [1.807, 2.05) is 24.3 Å². The smallest absolute Gasteiger partial charge is 0.447 e. The Morgan fingerprint density at radius 2 is 1.90 bits per heavy atom. The summed E-state index contributed by atoms with van der Waals surface area (Å²) >= 11 is 0. The van der Waals surface area contributed by atoms with Gasteiger partial charge in [-0.2, -0.15) is 6.58 Å². The van der Waals surface area contributed by atoms with Crippen molar-refractivity contribution in [3.8, 4) is 0 Å². The van der Waals surface area contributed by atoms with E-state index >= 15 is 0 Å². The van der Waals surface area contributed by atoms with Crippen molar-refractivity contribution in [2.75, 3.05) is 0 Å². The van der Waals surface area contributed by atoms with Crippen molar-refractivity contribution in [3.05, 3.63) is 59.7 Å². The van der Waals surface area contributed by atoms with E-state index < -0.39 is 11.9 Å². The molecule has 0 bridgehead atoms. The molecule has 0 saturated heterocycles. The summed E-state index contributed by atoms with van der Waals surface area (Å²) in [7, 11) is 0. The summed E-state index contributed by atoms with van der Waals surface area (Å²) in [5.41, 5.74) is 1.98. The van der Waals surface area contributed by atoms with Crippen molar-refractivity contribution in [2.24, 2.45) is 0 Å². The fraction of sp³-hybridized carbons (Fsp3) is 0.125. The second-order valence-electron chi connectivity index (χ2n) is 4.32. The van der Waals surface area contributed by atoms with Crippen LogP contribution >= 0.6 is 0 Å². The number of hydrogen-bond acceptors (Lipinski definition) is 3. The van der Waals surface area contributed by atoms with Crippen LogP contribution in [-0.4, -0.2) is 17.7 Å². The second kappa shape index (κ2) is 7.22. The molecule has 0 N–H and O–H groups in total. The topological polar surface area (TPSA) is 54.7 Å². The first-order chi connectivity index (χ1) is 9.47. The molecule has 1 aliphatic rings. The van der Waals surface area contributed by atoms with Crippen LogP contribution in [0.3, 0.4) is 0 Å². The van der Waals surface area contributed by atoms with Crippen molar-refractivity contribution in [1.29, 1.82) is 0 Å². The van der Waals surface area contributed by atoms with Crippen LogP contribution < -0.4 is 0 Å². The van der Waals surface area contributed by atoms with Crippen molar-refractivity contribution < 1.29 is 41.1 Å². The monoisotopic (exact) mass is 467 g/mol. The van der Waals surface area contributed by atoms with Crippen LogP contribution in [0.4, 0.5) is 0 Å². The molecule has 1 aliphatic carbocycles. The molecule has 0 radical (unpaired) electrons. The van der Waals surface area contributed by atoms with Gasteiger partial charge in [-0.15, -0.1) is 0 Å². The van der Waals surface area contributed by atoms with Gasteiger partial charge < -0.3 is 9.16 Å². The molecule has 21 heavy (non-hydrogen) atoms. The average Bonchev–Trinajstić information content (AvgIpc) is 2.46. The number of hydrogen-bond donors (Lipinski definition) is 0. The van der Waals surface area contributed by atoms with E-state index in [4.69, 9.17) is 9.16 Å². The van der Waals surface area contributed by atoms with E-state index in [1.165, 1.54) is 13.8 Å². The Morgan fingerprint density at radius 1 is 1.24 bits per heavy atom. The Bertz CT molecular complexity index is 656. The van der Waals surface area contributed by atoms with Crippen molar-refractivity contribution in [3.63, 3.8) is 0 Å². The molecule has 0 fully saturated rings. The molecule has 0 heterocycles. The number of fused-ring (bicyclic) bond motifs is 1. The van der Waals surface area contributed by atoms with Crippen molar-refractivity contribution in [2.45, 2.75) is 13.8 Å². The molecule has 4 nitrogen and oxygen atoms in total. The molecule has 0 atom stereocenters. The summed E-state index contributed by atoms with van der Waals surface area (Å²) in [6.07, 6.45) is 3.28. The minimum Gasteiger partial charge on any atom is -0.447 e. The summed E-state index contributed by atoms with van der Waals surface area (Å²) in [5, 5.41) is 0. The summed E-state index contributed by atoms with van der Waals surface area (Å²) in [6.45, 7) is 6.52. The molecule has 0 unspecified atom stereocenters. The van der Waals surface area contributed by atoms with Gasteiger partial charge in [-0.25, -0.2) is 0 Å². The van der Waals surface area contributed by atoms with Crippen LogP contribution in [0.5, 0.6) is 0 Å². The first-order valence-electron chi connectivity index (χ1n) is 6.06. The third-order valence-corrected chi connectivity index (χ3v) is 2.62. The number of rotatable bonds is 1. The number of ketones is 1. The Balaban J connectivity index is 0.00000220. The maximum Gasteiger partial charge on any atom is 1.00 e. The summed E-state index contributed by atoms with van der Waals surface area (Å²) in [4.78, 5) is 22.3.